The van der Waals surface area contributed by atoms with Crippen molar-refractivity contribution < 1.29 is 19.7 Å². The highest BCUT2D eigenvalue weighted by molar-refractivity contribution is 5.90. The molecule has 0 aliphatic rings. The fourth-order valence-electron chi connectivity index (χ4n) is 1.41. The quantitative estimate of drug-likeness (QED) is 0.603. The van der Waals surface area contributed by atoms with Gasteiger partial charge in [-0.3, -0.25) is 15.0 Å². The monoisotopic (exact) mass is 264 g/mol. The lowest BCUT2D eigenvalue weighted by Gasteiger charge is -2.06. The van der Waals surface area contributed by atoms with Crippen molar-refractivity contribution in [3.05, 3.63) is 34.6 Å². The second-order valence-electron chi connectivity index (χ2n) is 3.47. The summed E-state index contributed by atoms with van der Waals surface area (Å²) in [6.07, 6.45) is 1.24. The van der Waals surface area contributed by atoms with Gasteiger partial charge in [0.05, 0.1) is 15.8 Å². The van der Waals surface area contributed by atoms with Crippen LogP contribution in [0.2, 0.25) is 0 Å². The third-order valence-electron chi connectivity index (χ3n) is 2.19. The van der Waals surface area contributed by atoms with E-state index < -0.39 is 17.5 Å². The topological polar surface area (TPSA) is 127 Å². The fourth-order valence-corrected chi connectivity index (χ4v) is 1.41. The lowest BCUT2D eigenvalue weighted by molar-refractivity contribution is -0.384. The standard InChI is InChI=1S/C10H8N4O5/c15-9(16)4-19-13-10-7-3-6(14(17)18)1-2-8(7)11-5-12-10/h1-3,5H,4H2,(H,15,16)(H,11,12,13). The van der Waals surface area contributed by atoms with Crippen molar-refractivity contribution >= 4 is 28.4 Å². The predicted octanol–water partition coefficient (Wildman–Crippen LogP) is 0.966. The summed E-state index contributed by atoms with van der Waals surface area (Å²) in [6, 6.07) is 4.07. The number of aliphatic carboxylic acids is 1. The summed E-state index contributed by atoms with van der Waals surface area (Å²) >= 11 is 0. The molecule has 1 aromatic heterocycles. The maximum atomic E-state index is 10.7. The van der Waals surface area contributed by atoms with Crippen LogP contribution in [-0.2, 0) is 9.63 Å². The highest BCUT2D eigenvalue weighted by Gasteiger charge is 2.10. The summed E-state index contributed by atoms with van der Waals surface area (Å²) in [5.74, 6) is -0.994. The van der Waals surface area contributed by atoms with E-state index in [9.17, 15) is 14.9 Å². The molecule has 2 rings (SSSR count). The van der Waals surface area contributed by atoms with E-state index in [-0.39, 0.29) is 11.5 Å². The minimum Gasteiger partial charge on any atom is -0.479 e. The second kappa shape index (κ2) is 5.23. The number of nitro groups is 1. The van der Waals surface area contributed by atoms with Gasteiger partial charge in [0, 0.05) is 12.1 Å². The van der Waals surface area contributed by atoms with Gasteiger partial charge in [-0.15, -0.1) is 0 Å². The van der Waals surface area contributed by atoms with Crippen molar-refractivity contribution in [1.82, 2.24) is 9.97 Å². The van der Waals surface area contributed by atoms with Crippen LogP contribution in [0.4, 0.5) is 11.5 Å². The van der Waals surface area contributed by atoms with Crippen LogP contribution in [0.25, 0.3) is 10.9 Å². The number of anilines is 1. The molecule has 9 heteroatoms. The Morgan fingerprint density at radius 1 is 1.47 bits per heavy atom. The number of rotatable bonds is 5. The third kappa shape index (κ3) is 2.90. The number of carbonyl (C=O) groups is 1. The van der Waals surface area contributed by atoms with E-state index in [4.69, 9.17) is 5.11 Å². The van der Waals surface area contributed by atoms with Gasteiger partial charge in [-0.25, -0.2) is 20.2 Å². The van der Waals surface area contributed by atoms with Gasteiger partial charge in [0.15, 0.2) is 12.4 Å². The Balaban J connectivity index is 2.34. The molecule has 0 aliphatic heterocycles. The first-order valence-corrected chi connectivity index (χ1v) is 5.06. The minimum absolute atomic E-state index is 0.122. The summed E-state index contributed by atoms with van der Waals surface area (Å²) in [4.78, 5) is 32.9. The SMILES string of the molecule is O=C(O)CONc1ncnc2ccc([N+](=O)[O-])cc12. The Bertz CT molecular complexity index is 645. The van der Waals surface area contributed by atoms with E-state index in [0.29, 0.717) is 10.9 Å². The average molecular weight is 264 g/mol. The van der Waals surface area contributed by atoms with Gasteiger partial charge in [-0.05, 0) is 6.07 Å². The Labute approximate surface area is 106 Å². The number of nitro benzene ring substituents is 1. The lowest BCUT2D eigenvalue weighted by Crippen LogP contribution is -2.12. The molecule has 1 heterocycles. The molecule has 0 bridgehead atoms. The number of carboxylic acid groups (broad SMARTS) is 1. The van der Waals surface area contributed by atoms with Crippen molar-refractivity contribution in [3.63, 3.8) is 0 Å². The van der Waals surface area contributed by atoms with Crippen molar-refractivity contribution in [3.8, 4) is 0 Å². The highest BCUT2D eigenvalue weighted by atomic mass is 16.7. The van der Waals surface area contributed by atoms with Crippen molar-refractivity contribution in [2.45, 2.75) is 0 Å². The Hall–Kier alpha value is -2.81. The minimum atomic E-state index is -1.16. The maximum absolute atomic E-state index is 10.7. The van der Waals surface area contributed by atoms with Gasteiger partial charge < -0.3 is 5.11 Å². The van der Waals surface area contributed by atoms with Crippen LogP contribution < -0.4 is 5.48 Å². The van der Waals surface area contributed by atoms with E-state index in [1.807, 2.05) is 0 Å². The van der Waals surface area contributed by atoms with E-state index in [2.05, 4.69) is 20.3 Å². The molecule has 19 heavy (non-hydrogen) atoms. The van der Waals surface area contributed by atoms with Gasteiger partial charge in [-0.1, -0.05) is 0 Å². The molecule has 2 aromatic rings. The lowest BCUT2D eigenvalue weighted by atomic mass is 10.2. The first-order valence-electron chi connectivity index (χ1n) is 5.06. The van der Waals surface area contributed by atoms with Crippen LogP contribution in [0.3, 0.4) is 0 Å². The molecule has 0 fully saturated rings. The van der Waals surface area contributed by atoms with E-state index in [0.717, 1.165) is 0 Å². The zero-order valence-corrected chi connectivity index (χ0v) is 9.44. The van der Waals surface area contributed by atoms with Crippen LogP contribution in [0.5, 0.6) is 0 Å². The van der Waals surface area contributed by atoms with Gasteiger partial charge in [0.1, 0.15) is 6.33 Å². The zero-order valence-electron chi connectivity index (χ0n) is 9.44. The Morgan fingerprint density at radius 2 is 2.26 bits per heavy atom. The molecular formula is C10H8N4O5. The molecule has 0 unspecified atom stereocenters. The summed E-state index contributed by atoms with van der Waals surface area (Å²) < 4.78 is 0. The molecule has 2 N–H and O–H groups in total. The number of hydrogen-bond donors (Lipinski definition) is 2. The molecule has 0 atom stereocenters. The number of hydrogen-bond acceptors (Lipinski definition) is 7. The first kappa shape index (κ1) is 12.6. The normalized spacial score (nSPS) is 10.3. The molecule has 0 amide bonds. The van der Waals surface area contributed by atoms with Crippen LogP contribution in [0, 0.1) is 10.1 Å². The molecule has 1 aromatic carbocycles. The number of non-ortho nitro benzene ring substituents is 1. The Kier molecular flexibility index (Phi) is 3.48. The molecule has 0 spiro atoms. The van der Waals surface area contributed by atoms with E-state index in [1.165, 1.54) is 24.5 Å². The first-order chi connectivity index (χ1) is 9.08. The molecule has 98 valence electrons. The van der Waals surface area contributed by atoms with Crippen LogP contribution >= 0.6 is 0 Å². The molecular weight excluding hydrogens is 256 g/mol. The zero-order chi connectivity index (χ0) is 13.8. The van der Waals surface area contributed by atoms with Crippen LogP contribution in [0.15, 0.2) is 24.5 Å². The van der Waals surface area contributed by atoms with Crippen LogP contribution in [-0.4, -0.2) is 32.6 Å². The number of carboxylic acids is 1. The Morgan fingerprint density at radius 3 is 2.95 bits per heavy atom. The number of fused-ring (bicyclic) bond motifs is 1. The van der Waals surface area contributed by atoms with Gasteiger partial charge in [0.2, 0.25) is 0 Å². The van der Waals surface area contributed by atoms with Crippen LogP contribution in [0.1, 0.15) is 0 Å². The maximum Gasteiger partial charge on any atom is 0.332 e. The number of nitrogens with one attached hydrogen (secondary N) is 1. The van der Waals surface area contributed by atoms with Gasteiger partial charge in [0.25, 0.3) is 5.69 Å². The fraction of sp³-hybridized carbons (Fsp3) is 0.100. The second-order valence-corrected chi connectivity index (χ2v) is 3.47. The molecule has 0 saturated carbocycles. The highest BCUT2D eigenvalue weighted by Crippen LogP contribution is 2.24. The average Bonchev–Trinajstić information content (AvgIpc) is 2.38. The van der Waals surface area contributed by atoms with Crippen molar-refractivity contribution in [2.24, 2.45) is 0 Å². The number of benzene rings is 1. The molecule has 0 radical (unpaired) electrons. The predicted molar refractivity (Wildman–Crippen MR) is 63.4 cm³/mol. The van der Waals surface area contributed by atoms with E-state index >= 15 is 0 Å². The largest absolute Gasteiger partial charge is 0.479 e. The van der Waals surface area contributed by atoms with Crippen molar-refractivity contribution in [1.29, 1.82) is 0 Å². The summed E-state index contributed by atoms with van der Waals surface area (Å²) in [7, 11) is 0. The summed E-state index contributed by atoms with van der Waals surface area (Å²) in [5.41, 5.74) is 2.68. The molecule has 0 saturated heterocycles. The molecule has 9 nitrogen and oxygen atoms in total. The smallest absolute Gasteiger partial charge is 0.332 e. The third-order valence-corrected chi connectivity index (χ3v) is 2.19. The summed E-state index contributed by atoms with van der Waals surface area (Å²) in [5, 5.41) is 19.5. The van der Waals surface area contributed by atoms with E-state index in [1.54, 1.807) is 0 Å². The molecule has 0 aliphatic carbocycles. The van der Waals surface area contributed by atoms with Crippen molar-refractivity contribution in [2.75, 3.05) is 12.1 Å². The van der Waals surface area contributed by atoms with Gasteiger partial charge >= 0.3 is 5.97 Å². The number of nitrogens with zero attached hydrogens (tertiary/aromatic N) is 3. The summed E-state index contributed by atoms with van der Waals surface area (Å²) in [6.45, 7) is -0.569. The van der Waals surface area contributed by atoms with Gasteiger partial charge in [-0.2, -0.15) is 0 Å². The number of aromatic nitrogens is 2.